The van der Waals surface area contributed by atoms with Crippen molar-refractivity contribution in [2.24, 2.45) is 5.92 Å². The van der Waals surface area contributed by atoms with E-state index in [1.807, 2.05) is 12.1 Å². The highest BCUT2D eigenvalue weighted by molar-refractivity contribution is 7.88. The Hall–Kier alpha value is -1.27. The Kier molecular flexibility index (Phi) is 6.48. The summed E-state index contributed by atoms with van der Waals surface area (Å²) in [5, 5.41) is 0. The summed E-state index contributed by atoms with van der Waals surface area (Å²) >= 11 is 0. The molecule has 0 heterocycles. The fraction of sp³-hybridized carbons (Fsp3) is 0.600. The molecule has 0 saturated heterocycles. The van der Waals surface area contributed by atoms with Crippen molar-refractivity contribution >= 4 is 10.0 Å². The van der Waals surface area contributed by atoms with Crippen LogP contribution in [0.25, 0.3) is 0 Å². The van der Waals surface area contributed by atoms with Crippen LogP contribution >= 0.6 is 0 Å². The van der Waals surface area contributed by atoms with Gasteiger partial charge in [-0.25, -0.2) is 13.1 Å². The van der Waals surface area contributed by atoms with Crippen LogP contribution in [0.3, 0.4) is 0 Å². The lowest BCUT2D eigenvalue weighted by molar-refractivity contribution is 0.272. The van der Waals surface area contributed by atoms with Gasteiger partial charge in [0.2, 0.25) is 10.0 Å². The third kappa shape index (κ3) is 6.35. The number of sulfonamides is 1. The van der Waals surface area contributed by atoms with Crippen molar-refractivity contribution in [2.45, 2.75) is 33.2 Å². The van der Waals surface area contributed by atoms with Gasteiger partial charge in [0.25, 0.3) is 0 Å². The predicted molar refractivity (Wildman–Crippen MR) is 84.3 cm³/mol. The maximum absolute atomic E-state index is 11.3. The maximum atomic E-state index is 11.3. The topological polar surface area (TPSA) is 64.6 Å². The Labute approximate surface area is 127 Å². The lowest BCUT2D eigenvalue weighted by Crippen LogP contribution is -2.25. The normalized spacial score (nSPS) is 13.2. The van der Waals surface area contributed by atoms with Gasteiger partial charge >= 0.3 is 0 Å². The van der Waals surface area contributed by atoms with Gasteiger partial charge in [0, 0.05) is 6.04 Å². The van der Waals surface area contributed by atoms with Gasteiger partial charge in [-0.05, 0) is 37.0 Å². The molecule has 0 amide bonds. The van der Waals surface area contributed by atoms with Gasteiger partial charge in [0.15, 0.2) is 11.5 Å². The number of ether oxygens (including phenoxy) is 2. The van der Waals surface area contributed by atoms with E-state index in [0.29, 0.717) is 24.0 Å². The zero-order chi connectivity index (χ0) is 16.0. The van der Waals surface area contributed by atoms with Crippen LogP contribution in [0.2, 0.25) is 0 Å². The zero-order valence-corrected chi connectivity index (χ0v) is 14.2. The van der Waals surface area contributed by atoms with Gasteiger partial charge in [-0.3, -0.25) is 0 Å². The van der Waals surface area contributed by atoms with E-state index in [1.54, 1.807) is 20.1 Å². The molecule has 0 aliphatic rings. The molecule has 1 atom stereocenters. The van der Waals surface area contributed by atoms with Crippen LogP contribution in [0, 0.1) is 5.92 Å². The summed E-state index contributed by atoms with van der Waals surface area (Å²) in [4.78, 5) is 0. The molecule has 120 valence electrons. The highest BCUT2D eigenvalue weighted by Gasteiger charge is 2.14. The second-order valence-corrected chi connectivity index (χ2v) is 7.33. The van der Waals surface area contributed by atoms with E-state index in [2.05, 4.69) is 18.6 Å². The van der Waals surface area contributed by atoms with Crippen molar-refractivity contribution in [2.75, 3.05) is 20.0 Å². The second kappa shape index (κ2) is 7.66. The SMILES string of the molecule is COc1cc([C@@H](C)NS(C)(=O)=O)ccc1OCCC(C)C. The van der Waals surface area contributed by atoms with Gasteiger partial charge in [-0.1, -0.05) is 19.9 Å². The third-order valence-electron chi connectivity index (χ3n) is 3.03. The molecule has 0 bridgehead atoms. The second-order valence-electron chi connectivity index (χ2n) is 5.55. The van der Waals surface area contributed by atoms with Crippen molar-refractivity contribution in [3.8, 4) is 11.5 Å². The Morgan fingerprint density at radius 2 is 1.86 bits per heavy atom. The lowest BCUT2D eigenvalue weighted by atomic mass is 10.1. The Bertz CT molecular complexity index is 555. The Morgan fingerprint density at radius 3 is 2.38 bits per heavy atom. The molecule has 21 heavy (non-hydrogen) atoms. The fourth-order valence-corrected chi connectivity index (χ4v) is 2.64. The van der Waals surface area contributed by atoms with Gasteiger partial charge < -0.3 is 9.47 Å². The molecule has 0 aliphatic carbocycles. The summed E-state index contributed by atoms with van der Waals surface area (Å²) in [7, 11) is -1.67. The van der Waals surface area contributed by atoms with Gasteiger partial charge in [0.05, 0.1) is 20.0 Å². The smallest absolute Gasteiger partial charge is 0.209 e. The molecule has 1 aromatic rings. The van der Waals surface area contributed by atoms with E-state index < -0.39 is 10.0 Å². The van der Waals surface area contributed by atoms with E-state index in [1.165, 1.54) is 0 Å². The molecule has 0 radical (unpaired) electrons. The van der Waals surface area contributed by atoms with E-state index in [4.69, 9.17) is 9.47 Å². The van der Waals surface area contributed by atoms with Crippen LogP contribution in [-0.4, -0.2) is 28.4 Å². The lowest BCUT2D eigenvalue weighted by Gasteiger charge is -2.16. The average molecular weight is 315 g/mol. The summed E-state index contributed by atoms with van der Waals surface area (Å²) in [6.07, 6.45) is 2.11. The molecule has 0 aliphatic heterocycles. The maximum Gasteiger partial charge on any atom is 0.209 e. The van der Waals surface area contributed by atoms with E-state index >= 15 is 0 Å². The summed E-state index contributed by atoms with van der Waals surface area (Å²) in [6, 6.07) is 5.14. The first-order valence-electron chi connectivity index (χ1n) is 7.01. The molecule has 0 saturated carbocycles. The molecule has 0 aromatic heterocycles. The minimum absolute atomic E-state index is 0.321. The number of rotatable bonds is 8. The summed E-state index contributed by atoms with van der Waals surface area (Å²) < 4.78 is 36.1. The number of benzene rings is 1. The number of hydrogen-bond donors (Lipinski definition) is 1. The number of hydrogen-bond acceptors (Lipinski definition) is 4. The summed E-state index contributed by atoms with van der Waals surface area (Å²) in [5.74, 6) is 1.86. The van der Waals surface area contributed by atoms with Crippen molar-refractivity contribution in [3.63, 3.8) is 0 Å². The number of nitrogens with one attached hydrogen (secondary N) is 1. The van der Waals surface area contributed by atoms with Crippen LogP contribution in [0.15, 0.2) is 18.2 Å². The molecule has 0 fully saturated rings. The summed E-state index contributed by atoms with van der Waals surface area (Å²) in [6.45, 7) is 6.70. The molecule has 5 nitrogen and oxygen atoms in total. The van der Waals surface area contributed by atoms with E-state index in [-0.39, 0.29) is 6.04 Å². The molecular weight excluding hydrogens is 290 g/mol. The standard InChI is InChI=1S/C15H25NO4S/c1-11(2)8-9-20-14-7-6-13(10-15(14)19-4)12(3)16-21(5,17)18/h6-7,10-12,16H,8-9H2,1-5H3/t12-/m1/s1. The average Bonchev–Trinajstić information content (AvgIpc) is 2.36. The first kappa shape index (κ1) is 17.8. The third-order valence-corrected chi connectivity index (χ3v) is 3.81. The summed E-state index contributed by atoms with van der Waals surface area (Å²) in [5.41, 5.74) is 0.827. The van der Waals surface area contributed by atoms with Crippen molar-refractivity contribution in [3.05, 3.63) is 23.8 Å². The zero-order valence-electron chi connectivity index (χ0n) is 13.3. The van der Waals surface area contributed by atoms with Gasteiger partial charge in [-0.2, -0.15) is 0 Å². The molecule has 0 unspecified atom stereocenters. The first-order chi connectivity index (χ1) is 9.73. The van der Waals surface area contributed by atoms with Crippen molar-refractivity contribution in [1.82, 2.24) is 4.72 Å². The molecule has 1 aromatic carbocycles. The number of methoxy groups -OCH3 is 1. The molecule has 6 heteroatoms. The fourth-order valence-electron chi connectivity index (χ4n) is 1.87. The van der Waals surface area contributed by atoms with Gasteiger partial charge in [-0.15, -0.1) is 0 Å². The van der Waals surface area contributed by atoms with Crippen LogP contribution in [0.1, 0.15) is 38.8 Å². The van der Waals surface area contributed by atoms with Crippen LogP contribution in [0.4, 0.5) is 0 Å². The van der Waals surface area contributed by atoms with E-state index in [9.17, 15) is 8.42 Å². The Morgan fingerprint density at radius 1 is 1.19 bits per heavy atom. The quantitative estimate of drug-likeness (QED) is 0.801. The van der Waals surface area contributed by atoms with E-state index in [0.717, 1.165) is 18.2 Å². The van der Waals surface area contributed by atoms with Crippen LogP contribution in [-0.2, 0) is 10.0 Å². The molecule has 1 N–H and O–H groups in total. The molecule has 0 spiro atoms. The molecular formula is C15H25NO4S. The largest absolute Gasteiger partial charge is 0.493 e. The minimum atomic E-state index is -3.25. The van der Waals surface area contributed by atoms with Crippen LogP contribution in [0.5, 0.6) is 11.5 Å². The van der Waals surface area contributed by atoms with Crippen molar-refractivity contribution < 1.29 is 17.9 Å². The Balaban J connectivity index is 2.82. The predicted octanol–water partition coefficient (Wildman–Crippen LogP) is 2.73. The minimum Gasteiger partial charge on any atom is -0.493 e. The highest BCUT2D eigenvalue weighted by Crippen LogP contribution is 2.30. The molecule has 1 rings (SSSR count). The van der Waals surface area contributed by atoms with Gasteiger partial charge in [0.1, 0.15) is 0 Å². The monoisotopic (exact) mass is 315 g/mol. The van der Waals surface area contributed by atoms with Crippen LogP contribution < -0.4 is 14.2 Å². The first-order valence-corrected chi connectivity index (χ1v) is 8.90. The van der Waals surface area contributed by atoms with Crippen molar-refractivity contribution in [1.29, 1.82) is 0 Å². The highest BCUT2D eigenvalue weighted by atomic mass is 32.2.